The molecule has 4 heteroatoms. The van der Waals surface area contributed by atoms with Crippen molar-refractivity contribution in [3.8, 4) is 0 Å². The van der Waals surface area contributed by atoms with Crippen molar-refractivity contribution in [2.75, 3.05) is 11.4 Å². The third kappa shape index (κ3) is 4.33. The Morgan fingerprint density at radius 3 is 2.44 bits per heavy atom. The molecule has 2 aromatic carbocycles. The molecule has 1 aliphatic carbocycles. The van der Waals surface area contributed by atoms with Gasteiger partial charge >= 0.3 is 5.97 Å². The van der Waals surface area contributed by atoms with E-state index in [0.717, 1.165) is 51.7 Å². The van der Waals surface area contributed by atoms with E-state index in [9.17, 15) is 4.79 Å². The van der Waals surface area contributed by atoms with Gasteiger partial charge in [-0.15, -0.1) is 0 Å². The lowest BCUT2D eigenvalue weighted by molar-refractivity contribution is -0.142. The minimum absolute atomic E-state index is 0.141. The highest BCUT2D eigenvalue weighted by Crippen LogP contribution is 2.29. The van der Waals surface area contributed by atoms with Crippen LogP contribution in [-0.2, 0) is 24.3 Å². The molecule has 0 aromatic heterocycles. The SMILES string of the molecule is O=C(O)C1CCC(NCc2ccc(CN3CCc4ccccc43)cc2)CC1. The van der Waals surface area contributed by atoms with E-state index in [0.29, 0.717) is 6.04 Å². The van der Waals surface area contributed by atoms with Crippen LogP contribution in [0, 0.1) is 5.92 Å². The molecule has 2 aliphatic rings. The quantitative estimate of drug-likeness (QED) is 0.814. The first-order valence-corrected chi connectivity index (χ1v) is 10.1. The van der Waals surface area contributed by atoms with E-state index >= 15 is 0 Å². The highest BCUT2D eigenvalue weighted by molar-refractivity contribution is 5.70. The van der Waals surface area contributed by atoms with Crippen molar-refractivity contribution in [2.45, 2.75) is 51.2 Å². The van der Waals surface area contributed by atoms with E-state index in [1.165, 1.54) is 22.4 Å². The Morgan fingerprint density at radius 2 is 1.70 bits per heavy atom. The first kappa shape index (κ1) is 18.1. The molecule has 0 spiro atoms. The van der Waals surface area contributed by atoms with Crippen molar-refractivity contribution in [2.24, 2.45) is 5.92 Å². The van der Waals surface area contributed by atoms with Gasteiger partial charge in [-0.25, -0.2) is 0 Å². The molecule has 1 aliphatic heterocycles. The highest BCUT2D eigenvalue weighted by Gasteiger charge is 2.25. The lowest BCUT2D eigenvalue weighted by Crippen LogP contribution is -2.34. The summed E-state index contributed by atoms with van der Waals surface area (Å²) >= 11 is 0. The van der Waals surface area contributed by atoms with Crippen LogP contribution in [0.15, 0.2) is 48.5 Å². The molecule has 0 saturated heterocycles. The van der Waals surface area contributed by atoms with Crippen LogP contribution in [0.4, 0.5) is 5.69 Å². The third-order valence-electron chi connectivity index (χ3n) is 6.05. The molecule has 1 heterocycles. The topological polar surface area (TPSA) is 52.6 Å². The van der Waals surface area contributed by atoms with Crippen LogP contribution in [0.25, 0.3) is 0 Å². The summed E-state index contributed by atoms with van der Waals surface area (Å²) in [5, 5.41) is 12.7. The minimum Gasteiger partial charge on any atom is -0.481 e. The number of aliphatic carboxylic acids is 1. The molecule has 0 amide bonds. The average Bonchev–Trinajstić information content (AvgIpc) is 3.11. The fourth-order valence-corrected chi connectivity index (χ4v) is 4.36. The molecular formula is C23H28N2O2. The zero-order valence-corrected chi connectivity index (χ0v) is 15.7. The van der Waals surface area contributed by atoms with Gasteiger partial charge in [0.25, 0.3) is 0 Å². The second-order valence-corrected chi connectivity index (χ2v) is 7.88. The van der Waals surface area contributed by atoms with Crippen LogP contribution in [0.5, 0.6) is 0 Å². The summed E-state index contributed by atoms with van der Waals surface area (Å²) in [7, 11) is 0. The van der Waals surface area contributed by atoms with Gasteiger partial charge in [-0.1, -0.05) is 42.5 Å². The number of fused-ring (bicyclic) bond motifs is 1. The molecule has 2 aromatic rings. The van der Waals surface area contributed by atoms with Crippen LogP contribution >= 0.6 is 0 Å². The van der Waals surface area contributed by atoms with Gasteiger partial charge in [-0.3, -0.25) is 4.79 Å². The Labute approximate surface area is 161 Å². The standard InChI is InChI=1S/C23H28N2O2/c26-23(27)20-9-11-21(12-10-20)24-15-17-5-7-18(8-6-17)16-25-14-13-19-3-1-2-4-22(19)25/h1-8,20-21,24H,9-16H2,(H,26,27). The first-order valence-electron chi connectivity index (χ1n) is 10.1. The molecule has 27 heavy (non-hydrogen) atoms. The Kier molecular flexibility index (Phi) is 5.44. The molecule has 0 bridgehead atoms. The van der Waals surface area contributed by atoms with Gasteiger partial charge in [-0.05, 0) is 54.9 Å². The number of hydrogen-bond donors (Lipinski definition) is 2. The fourth-order valence-electron chi connectivity index (χ4n) is 4.36. The number of carbonyl (C=O) groups is 1. The molecule has 0 atom stereocenters. The normalized spacial score (nSPS) is 21.9. The maximum atomic E-state index is 11.0. The third-order valence-corrected chi connectivity index (χ3v) is 6.05. The molecule has 0 radical (unpaired) electrons. The van der Waals surface area contributed by atoms with Crippen molar-refractivity contribution in [1.82, 2.24) is 5.32 Å². The molecular weight excluding hydrogens is 336 g/mol. The van der Waals surface area contributed by atoms with Gasteiger partial charge in [0.05, 0.1) is 5.92 Å². The van der Waals surface area contributed by atoms with Crippen LogP contribution in [-0.4, -0.2) is 23.7 Å². The van der Waals surface area contributed by atoms with Crippen LogP contribution in [0.3, 0.4) is 0 Å². The van der Waals surface area contributed by atoms with Crippen LogP contribution in [0.1, 0.15) is 42.4 Å². The predicted molar refractivity (Wildman–Crippen MR) is 108 cm³/mol. The molecule has 4 nitrogen and oxygen atoms in total. The molecule has 1 saturated carbocycles. The van der Waals surface area contributed by atoms with E-state index in [1.807, 2.05) is 0 Å². The summed E-state index contributed by atoms with van der Waals surface area (Å²) in [6.45, 7) is 2.92. The predicted octanol–water partition coefficient (Wildman–Crippen LogP) is 3.98. The summed E-state index contributed by atoms with van der Waals surface area (Å²) in [5.74, 6) is -0.775. The van der Waals surface area contributed by atoms with Crippen LogP contribution < -0.4 is 10.2 Å². The van der Waals surface area contributed by atoms with Crippen molar-refractivity contribution in [1.29, 1.82) is 0 Å². The zero-order valence-electron chi connectivity index (χ0n) is 15.7. The van der Waals surface area contributed by atoms with Gasteiger partial charge in [-0.2, -0.15) is 0 Å². The number of para-hydroxylation sites is 1. The Balaban J connectivity index is 1.27. The van der Waals surface area contributed by atoms with Gasteiger partial charge in [0, 0.05) is 31.4 Å². The monoisotopic (exact) mass is 364 g/mol. The fraction of sp³-hybridized carbons (Fsp3) is 0.435. The number of benzene rings is 2. The number of nitrogens with one attached hydrogen (secondary N) is 1. The summed E-state index contributed by atoms with van der Waals surface area (Å²) in [4.78, 5) is 13.5. The van der Waals surface area contributed by atoms with Gasteiger partial charge < -0.3 is 15.3 Å². The van der Waals surface area contributed by atoms with E-state index < -0.39 is 5.97 Å². The summed E-state index contributed by atoms with van der Waals surface area (Å²) in [5.41, 5.74) is 5.47. The molecule has 0 unspecified atom stereocenters. The van der Waals surface area contributed by atoms with Gasteiger partial charge in [0.15, 0.2) is 0 Å². The molecule has 4 rings (SSSR count). The number of rotatable bonds is 6. The second-order valence-electron chi connectivity index (χ2n) is 7.88. The van der Waals surface area contributed by atoms with Gasteiger partial charge in [0.2, 0.25) is 0 Å². The molecule has 2 N–H and O–H groups in total. The maximum Gasteiger partial charge on any atom is 0.306 e. The van der Waals surface area contributed by atoms with E-state index in [4.69, 9.17) is 5.11 Å². The number of nitrogens with zero attached hydrogens (tertiary/aromatic N) is 1. The zero-order chi connectivity index (χ0) is 18.6. The van der Waals surface area contributed by atoms with Crippen molar-refractivity contribution >= 4 is 11.7 Å². The maximum absolute atomic E-state index is 11.0. The summed E-state index contributed by atoms with van der Waals surface area (Å²) in [6.07, 6.45) is 4.65. The highest BCUT2D eigenvalue weighted by atomic mass is 16.4. The lowest BCUT2D eigenvalue weighted by atomic mass is 9.86. The second kappa shape index (κ2) is 8.13. The summed E-state index contributed by atoms with van der Waals surface area (Å²) < 4.78 is 0. The Bertz CT molecular complexity index is 779. The van der Waals surface area contributed by atoms with E-state index in [-0.39, 0.29) is 5.92 Å². The smallest absolute Gasteiger partial charge is 0.306 e. The Hall–Kier alpha value is -2.33. The van der Waals surface area contributed by atoms with Crippen molar-refractivity contribution in [3.63, 3.8) is 0 Å². The van der Waals surface area contributed by atoms with Crippen molar-refractivity contribution in [3.05, 3.63) is 65.2 Å². The summed E-state index contributed by atoms with van der Waals surface area (Å²) in [6, 6.07) is 18.0. The number of anilines is 1. The van der Waals surface area contributed by atoms with Crippen LogP contribution in [0.2, 0.25) is 0 Å². The minimum atomic E-state index is -0.635. The molecule has 1 fully saturated rings. The first-order chi connectivity index (χ1) is 13.2. The van der Waals surface area contributed by atoms with Gasteiger partial charge in [0.1, 0.15) is 0 Å². The Morgan fingerprint density at radius 1 is 1.00 bits per heavy atom. The number of carboxylic acids is 1. The number of hydrogen-bond acceptors (Lipinski definition) is 3. The van der Waals surface area contributed by atoms with E-state index in [1.54, 1.807) is 0 Å². The van der Waals surface area contributed by atoms with E-state index in [2.05, 4.69) is 58.7 Å². The van der Waals surface area contributed by atoms with Crippen molar-refractivity contribution < 1.29 is 9.90 Å². The lowest BCUT2D eigenvalue weighted by Gasteiger charge is -2.27. The average molecular weight is 364 g/mol. The largest absolute Gasteiger partial charge is 0.481 e. The molecule has 142 valence electrons. The number of carboxylic acid groups (broad SMARTS) is 1.